The van der Waals surface area contributed by atoms with E-state index in [1.165, 1.54) is 11.8 Å². The fraction of sp³-hybridized carbons (Fsp3) is 0.467. The van der Waals surface area contributed by atoms with E-state index in [1.807, 2.05) is 35.8 Å². The number of rotatable bonds is 8. The molecular formula is C15H23ClN4O2S. The van der Waals surface area contributed by atoms with E-state index in [1.54, 1.807) is 7.11 Å². The third-order valence-corrected chi connectivity index (χ3v) is 4.35. The summed E-state index contributed by atoms with van der Waals surface area (Å²) in [4.78, 5) is 0. The molecule has 0 fully saturated rings. The first-order valence-corrected chi connectivity index (χ1v) is 8.27. The van der Waals surface area contributed by atoms with E-state index >= 15 is 0 Å². The Morgan fingerprint density at radius 1 is 1.30 bits per heavy atom. The summed E-state index contributed by atoms with van der Waals surface area (Å²) in [5.74, 6) is 2.21. The number of aliphatic hydroxyl groups is 1. The normalized spacial score (nSPS) is 11.8. The fourth-order valence-electron chi connectivity index (χ4n) is 1.96. The molecule has 128 valence electrons. The minimum absolute atomic E-state index is 0. The van der Waals surface area contributed by atoms with Crippen LogP contribution in [0.1, 0.15) is 19.2 Å². The van der Waals surface area contributed by atoms with Crippen molar-refractivity contribution in [3.8, 4) is 11.4 Å². The predicted octanol–water partition coefficient (Wildman–Crippen LogP) is 2.06. The molecule has 1 aromatic heterocycles. The molecule has 0 amide bonds. The lowest BCUT2D eigenvalue weighted by Gasteiger charge is -2.11. The average molecular weight is 359 g/mol. The van der Waals surface area contributed by atoms with Crippen LogP contribution in [0.25, 0.3) is 5.69 Å². The van der Waals surface area contributed by atoms with Gasteiger partial charge in [-0.3, -0.25) is 4.57 Å². The highest BCUT2D eigenvalue weighted by molar-refractivity contribution is 7.99. The van der Waals surface area contributed by atoms with E-state index < -0.39 is 0 Å². The highest BCUT2D eigenvalue weighted by Gasteiger charge is 2.15. The van der Waals surface area contributed by atoms with E-state index in [0.717, 1.165) is 28.8 Å². The predicted molar refractivity (Wildman–Crippen MR) is 94.9 cm³/mol. The van der Waals surface area contributed by atoms with Gasteiger partial charge < -0.3 is 15.6 Å². The molecule has 3 N–H and O–H groups in total. The molecular weight excluding hydrogens is 336 g/mol. The van der Waals surface area contributed by atoms with Crippen molar-refractivity contribution in [2.45, 2.75) is 31.0 Å². The van der Waals surface area contributed by atoms with Gasteiger partial charge in [0.1, 0.15) is 11.6 Å². The van der Waals surface area contributed by atoms with Crippen molar-refractivity contribution in [3.63, 3.8) is 0 Å². The van der Waals surface area contributed by atoms with Gasteiger partial charge >= 0.3 is 0 Å². The van der Waals surface area contributed by atoms with Crippen LogP contribution in [-0.2, 0) is 6.42 Å². The maximum atomic E-state index is 9.74. The molecule has 0 aliphatic rings. The number of hydrogen-bond donors (Lipinski definition) is 2. The molecule has 0 saturated carbocycles. The molecule has 1 heterocycles. The van der Waals surface area contributed by atoms with E-state index in [4.69, 9.17) is 10.5 Å². The molecule has 0 aliphatic carbocycles. The number of ether oxygens (including phenoxy) is 1. The summed E-state index contributed by atoms with van der Waals surface area (Å²) in [5.41, 5.74) is 6.62. The van der Waals surface area contributed by atoms with E-state index in [-0.39, 0.29) is 18.5 Å². The summed E-state index contributed by atoms with van der Waals surface area (Å²) in [6, 6.07) is 7.72. The Balaban J connectivity index is 0.00000264. The molecule has 0 aliphatic heterocycles. The van der Waals surface area contributed by atoms with Gasteiger partial charge in [-0.25, -0.2) is 0 Å². The summed E-state index contributed by atoms with van der Waals surface area (Å²) in [5, 5.41) is 19.0. The summed E-state index contributed by atoms with van der Waals surface area (Å²) >= 11 is 1.50. The van der Waals surface area contributed by atoms with Gasteiger partial charge in [0, 0.05) is 17.9 Å². The van der Waals surface area contributed by atoms with Crippen molar-refractivity contribution in [1.29, 1.82) is 0 Å². The van der Waals surface area contributed by atoms with Crippen molar-refractivity contribution in [2.75, 3.05) is 19.4 Å². The van der Waals surface area contributed by atoms with Gasteiger partial charge in [-0.05, 0) is 37.2 Å². The second kappa shape index (κ2) is 9.77. The fourth-order valence-corrected chi connectivity index (χ4v) is 2.98. The smallest absolute Gasteiger partial charge is 0.195 e. The molecule has 0 bridgehead atoms. The third kappa shape index (κ3) is 5.10. The van der Waals surface area contributed by atoms with Gasteiger partial charge in [-0.2, -0.15) is 0 Å². The van der Waals surface area contributed by atoms with E-state index in [9.17, 15) is 5.11 Å². The van der Waals surface area contributed by atoms with Crippen LogP contribution in [0.5, 0.6) is 5.75 Å². The van der Waals surface area contributed by atoms with Crippen LogP contribution in [0.4, 0.5) is 0 Å². The molecule has 2 rings (SSSR count). The number of benzene rings is 1. The lowest BCUT2D eigenvalue weighted by molar-refractivity contribution is 0.195. The summed E-state index contributed by atoms with van der Waals surface area (Å²) in [6.07, 6.45) is 1.03. The zero-order valence-electron chi connectivity index (χ0n) is 13.3. The Labute approximate surface area is 146 Å². The van der Waals surface area contributed by atoms with Crippen molar-refractivity contribution < 1.29 is 9.84 Å². The van der Waals surface area contributed by atoms with Gasteiger partial charge in [0.05, 0.1) is 13.2 Å². The zero-order valence-corrected chi connectivity index (χ0v) is 14.9. The van der Waals surface area contributed by atoms with Crippen molar-refractivity contribution >= 4 is 24.2 Å². The Hall–Kier alpha value is -1.28. The van der Waals surface area contributed by atoms with Crippen molar-refractivity contribution in [1.82, 2.24) is 14.8 Å². The van der Waals surface area contributed by atoms with Gasteiger partial charge in [0.15, 0.2) is 5.16 Å². The number of methoxy groups -OCH3 is 1. The molecule has 0 radical (unpaired) electrons. The van der Waals surface area contributed by atoms with Gasteiger partial charge in [-0.1, -0.05) is 18.7 Å². The summed E-state index contributed by atoms with van der Waals surface area (Å²) in [6.45, 7) is 2.47. The molecule has 1 unspecified atom stereocenters. The van der Waals surface area contributed by atoms with Crippen LogP contribution in [0.3, 0.4) is 0 Å². The Kier molecular flexibility index (Phi) is 8.40. The maximum absolute atomic E-state index is 9.74. The standard InChI is InChI=1S/C15H22N4O2S.ClH/c1-3-12(20)10-22-15-18-17-14(8-9-16)19(15)11-4-6-13(21-2)7-5-11;/h4-7,12,20H,3,8-10,16H2,1-2H3;1H. The first-order chi connectivity index (χ1) is 10.7. The molecule has 23 heavy (non-hydrogen) atoms. The zero-order chi connectivity index (χ0) is 15.9. The van der Waals surface area contributed by atoms with Crippen LogP contribution in [0, 0.1) is 0 Å². The van der Waals surface area contributed by atoms with Crippen LogP contribution >= 0.6 is 24.2 Å². The quantitative estimate of drug-likeness (QED) is 0.702. The number of aliphatic hydroxyl groups excluding tert-OH is 1. The molecule has 0 saturated heterocycles. The van der Waals surface area contributed by atoms with Crippen LogP contribution in [0.15, 0.2) is 29.4 Å². The van der Waals surface area contributed by atoms with Crippen LogP contribution < -0.4 is 10.5 Å². The molecule has 0 spiro atoms. The number of thioether (sulfide) groups is 1. The Bertz CT molecular complexity index is 592. The number of nitrogens with zero attached hydrogens (tertiary/aromatic N) is 3. The topological polar surface area (TPSA) is 86.2 Å². The van der Waals surface area contributed by atoms with Gasteiger partial charge in [0.2, 0.25) is 0 Å². The van der Waals surface area contributed by atoms with Gasteiger partial charge in [-0.15, -0.1) is 22.6 Å². The highest BCUT2D eigenvalue weighted by Crippen LogP contribution is 2.24. The lowest BCUT2D eigenvalue weighted by atomic mass is 10.3. The second-order valence-electron chi connectivity index (χ2n) is 4.84. The van der Waals surface area contributed by atoms with Gasteiger partial charge in [0.25, 0.3) is 0 Å². The largest absolute Gasteiger partial charge is 0.497 e. The minimum Gasteiger partial charge on any atom is -0.497 e. The van der Waals surface area contributed by atoms with Crippen molar-refractivity contribution in [3.05, 3.63) is 30.1 Å². The first-order valence-electron chi connectivity index (χ1n) is 7.29. The summed E-state index contributed by atoms with van der Waals surface area (Å²) < 4.78 is 7.17. The molecule has 8 heteroatoms. The molecule has 1 atom stereocenters. The number of halogens is 1. The monoisotopic (exact) mass is 358 g/mol. The van der Waals surface area contributed by atoms with Crippen LogP contribution in [-0.4, -0.2) is 45.4 Å². The lowest BCUT2D eigenvalue weighted by Crippen LogP contribution is -2.11. The Morgan fingerprint density at radius 3 is 2.57 bits per heavy atom. The number of aromatic nitrogens is 3. The first kappa shape index (κ1) is 19.8. The SMILES string of the molecule is CCC(O)CSc1nnc(CCN)n1-c1ccc(OC)cc1.Cl. The molecule has 2 aromatic rings. The maximum Gasteiger partial charge on any atom is 0.195 e. The molecule has 6 nitrogen and oxygen atoms in total. The molecule has 1 aromatic carbocycles. The summed E-state index contributed by atoms with van der Waals surface area (Å²) in [7, 11) is 1.64. The third-order valence-electron chi connectivity index (χ3n) is 3.28. The minimum atomic E-state index is -0.344. The average Bonchev–Trinajstić information content (AvgIpc) is 2.95. The highest BCUT2D eigenvalue weighted by atomic mass is 35.5. The van der Waals surface area contributed by atoms with Crippen LogP contribution in [0.2, 0.25) is 0 Å². The van der Waals surface area contributed by atoms with E-state index in [2.05, 4.69) is 10.2 Å². The van der Waals surface area contributed by atoms with Crippen molar-refractivity contribution in [2.24, 2.45) is 5.73 Å². The van der Waals surface area contributed by atoms with E-state index in [0.29, 0.717) is 18.7 Å². The number of hydrogen-bond acceptors (Lipinski definition) is 6. The number of nitrogens with two attached hydrogens (primary N) is 1. The Morgan fingerprint density at radius 2 is 2.00 bits per heavy atom. The second-order valence-corrected chi connectivity index (χ2v) is 5.83.